The molecule has 3 saturated heterocycles. The van der Waals surface area contributed by atoms with Crippen molar-refractivity contribution in [3.8, 4) is 0 Å². The first-order valence-electron chi connectivity index (χ1n) is 12.2. The van der Waals surface area contributed by atoms with Gasteiger partial charge in [0.15, 0.2) is 0 Å². The number of aromatic nitrogens is 3. The van der Waals surface area contributed by atoms with Crippen molar-refractivity contribution in [2.45, 2.75) is 62.4 Å². The molecule has 2 amide bonds. The van der Waals surface area contributed by atoms with Crippen LogP contribution in [-0.4, -0.2) is 78.1 Å². The molecule has 11 heteroatoms. The fourth-order valence-corrected chi connectivity index (χ4v) is 8.35. The molecule has 3 fully saturated rings. The summed E-state index contributed by atoms with van der Waals surface area (Å²) in [7, 11) is 0. The predicted octanol–water partition coefficient (Wildman–Crippen LogP) is 1.18. The molecule has 1 aromatic heterocycles. The quantitative estimate of drug-likeness (QED) is 0.517. The molecule has 2 unspecified atom stereocenters. The van der Waals surface area contributed by atoms with Crippen LogP contribution in [0.1, 0.15) is 33.6 Å². The van der Waals surface area contributed by atoms with Gasteiger partial charge in [0.2, 0.25) is 11.8 Å². The molecule has 188 valence electrons. The summed E-state index contributed by atoms with van der Waals surface area (Å²) in [6.07, 6.45) is 1.40. The van der Waals surface area contributed by atoms with E-state index in [0.717, 1.165) is 17.5 Å². The van der Waals surface area contributed by atoms with Crippen molar-refractivity contribution < 1.29 is 24.2 Å². The molecule has 4 heterocycles. The molecule has 3 aliphatic rings. The van der Waals surface area contributed by atoms with Gasteiger partial charge in [0.25, 0.3) is 0 Å². The molecular formula is C24H31N5O5S. The number of hydrogen-bond donors (Lipinski definition) is 2. The molecule has 1 spiro atoms. The normalized spacial score (nSPS) is 30.2. The van der Waals surface area contributed by atoms with Gasteiger partial charge in [-0.15, -0.1) is 16.9 Å². The number of likely N-dealkylation sites (tertiary alicyclic amines) is 1. The monoisotopic (exact) mass is 501 g/mol. The van der Waals surface area contributed by atoms with E-state index in [9.17, 15) is 19.5 Å². The topological polar surface area (TPSA) is 127 Å². The molecule has 2 N–H and O–H groups in total. The second-order valence-electron chi connectivity index (χ2n) is 9.82. The van der Waals surface area contributed by atoms with Gasteiger partial charge in [0.05, 0.1) is 41.4 Å². The number of aliphatic hydroxyl groups is 1. The van der Waals surface area contributed by atoms with Crippen LogP contribution in [0.3, 0.4) is 0 Å². The van der Waals surface area contributed by atoms with Gasteiger partial charge in [0, 0.05) is 5.25 Å². The Kier molecular flexibility index (Phi) is 6.25. The maximum atomic E-state index is 13.9. The molecule has 0 aliphatic carbocycles. The van der Waals surface area contributed by atoms with E-state index in [4.69, 9.17) is 4.74 Å². The van der Waals surface area contributed by atoms with Gasteiger partial charge in [0.1, 0.15) is 18.2 Å². The zero-order valence-electron chi connectivity index (χ0n) is 20.1. The number of hydrogen-bond acceptors (Lipinski definition) is 8. The van der Waals surface area contributed by atoms with E-state index in [1.165, 1.54) is 0 Å². The fourth-order valence-electron chi connectivity index (χ4n) is 6.16. The number of carbonyl (C=O) groups excluding carboxylic acids is 3. The van der Waals surface area contributed by atoms with Crippen molar-refractivity contribution in [2.75, 3.05) is 13.2 Å². The molecule has 6 atom stereocenters. The highest BCUT2D eigenvalue weighted by Crippen LogP contribution is 2.66. The van der Waals surface area contributed by atoms with Crippen molar-refractivity contribution >= 4 is 40.6 Å². The molecular weight excluding hydrogens is 470 g/mol. The number of thioether (sulfide) groups is 1. The van der Waals surface area contributed by atoms with Crippen molar-refractivity contribution in [3.63, 3.8) is 0 Å². The number of ether oxygens (including phenoxy) is 1. The summed E-state index contributed by atoms with van der Waals surface area (Å²) >= 11 is 1.58. The Bertz CT molecular complexity index is 1150. The van der Waals surface area contributed by atoms with Crippen LogP contribution in [0.5, 0.6) is 0 Å². The highest BCUT2D eigenvalue weighted by atomic mass is 32.2. The van der Waals surface area contributed by atoms with Crippen LogP contribution >= 0.6 is 11.8 Å². The Morgan fingerprint density at radius 2 is 2.11 bits per heavy atom. The lowest BCUT2D eigenvalue weighted by Gasteiger charge is -2.38. The van der Waals surface area contributed by atoms with Crippen molar-refractivity contribution in [1.29, 1.82) is 0 Å². The highest BCUT2D eigenvalue weighted by molar-refractivity contribution is 8.02. The van der Waals surface area contributed by atoms with E-state index in [1.807, 2.05) is 38.1 Å². The van der Waals surface area contributed by atoms with E-state index in [-0.39, 0.29) is 48.8 Å². The van der Waals surface area contributed by atoms with Crippen molar-refractivity contribution in [1.82, 2.24) is 25.2 Å². The van der Waals surface area contributed by atoms with Crippen LogP contribution in [0, 0.1) is 17.8 Å². The smallest absolute Gasteiger partial charge is 0.310 e. The number of esters is 1. The number of benzene rings is 1. The van der Waals surface area contributed by atoms with Crippen molar-refractivity contribution in [3.05, 3.63) is 24.3 Å². The molecule has 35 heavy (non-hydrogen) atoms. The number of para-hydroxylation sites is 1. The van der Waals surface area contributed by atoms with E-state index >= 15 is 0 Å². The van der Waals surface area contributed by atoms with Gasteiger partial charge in [-0.3, -0.25) is 14.4 Å². The van der Waals surface area contributed by atoms with Gasteiger partial charge in [-0.05, 0) is 37.8 Å². The summed E-state index contributed by atoms with van der Waals surface area (Å²) in [5.41, 5.74) is 1.51. The first-order chi connectivity index (χ1) is 16.8. The average molecular weight is 502 g/mol. The standard InChI is InChI=1S/C24H31N5O5S/c1-4-34-23(33)18-17-9-10-24(35-17)19(18)22(32)29(16(11-30)13(2)3)20(24)21(31)25-12-28-15-8-6-5-7-14(15)26-27-28/h5-8,13,16-20,30H,4,9-12H2,1-3H3,(H,25,31)/t16-,17+,18-,19-,20?,24?/m0/s1. The molecule has 0 radical (unpaired) electrons. The van der Waals surface area contributed by atoms with Gasteiger partial charge in [-0.2, -0.15) is 0 Å². The Balaban J connectivity index is 1.48. The minimum absolute atomic E-state index is 0.0497. The fraction of sp³-hybridized carbons (Fsp3) is 0.625. The third-order valence-corrected chi connectivity index (χ3v) is 9.63. The van der Waals surface area contributed by atoms with E-state index in [2.05, 4.69) is 15.6 Å². The number of amides is 2. The Morgan fingerprint density at radius 1 is 1.34 bits per heavy atom. The second kappa shape index (κ2) is 9.09. The Labute approximate surface area is 207 Å². The largest absolute Gasteiger partial charge is 0.466 e. The molecule has 0 saturated carbocycles. The molecule has 5 rings (SSSR count). The lowest BCUT2D eigenvalue weighted by atomic mass is 9.71. The number of carbonyl (C=O) groups is 3. The van der Waals surface area contributed by atoms with E-state index in [1.54, 1.807) is 28.3 Å². The predicted molar refractivity (Wildman–Crippen MR) is 129 cm³/mol. The minimum Gasteiger partial charge on any atom is -0.466 e. The van der Waals surface area contributed by atoms with Crippen LogP contribution in [0.25, 0.3) is 11.0 Å². The van der Waals surface area contributed by atoms with Gasteiger partial charge in [-0.25, -0.2) is 4.68 Å². The first kappa shape index (κ1) is 24.1. The van der Waals surface area contributed by atoms with Gasteiger partial charge < -0.3 is 20.1 Å². The maximum absolute atomic E-state index is 13.9. The SMILES string of the molecule is CCOC(=O)[C@@H]1[C@H]2C(=O)N([C@@H](CO)C(C)C)C(C(=O)NCn3nnc4ccccc43)C23CC[C@H]1S3. The summed E-state index contributed by atoms with van der Waals surface area (Å²) in [6, 6.07) is 6.13. The highest BCUT2D eigenvalue weighted by Gasteiger charge is 2.74. The maximum Gasteiger partial charge on any atom is 0.310 e. The zero-order valence-corrected chi connectivity index (χ0v) is 20.9. The molecule has 2 bridgehead atoms. The molecule has 10 nitrogen and oxygen atoms in total. The van der Waals surface area contributed by atoms with Gasteiger partial charge >= 0.3 is 5.97 Å². The first-order valence-corrected chi connectivity index (χ1v) is 13.1. The molecule has 3 aliphatic heterocycles. The van der Waals surface area contributed by atoms with E-state index < -0.39 is 28.7 Å². The van der Waals surface area contributed by atoms with Crippen LogP contribution < -0.4 is 5.32 Å². The number of fused-ring (bicyclic) bond motifs is 2. The molecule has 2 aromatic rings. The number of nitrogens with zero attached hydrogens (tertiary/aromatic N) is 4. The third kappa shape index (κ3) is 3.62. The summed E-state index contributed by atoms with van der Waals surface area (Å²) < 4.78 is 6.22. The summed E-state index contributed by atoms with van der Waals surface area (Å²) in [5, 5.41) is 21.4. The lowest BCUT2D eigenvalue weighted by molar-refractivity contribution is -0.154. The summed E-state index contributed by atoms with van der Waals surface area (Å²) in [6.45, 7) is 5.67. The van der Waals surface area contributed by atoms with Crippen molar-refractivity contribution in [2.24, 2.45) is 17.8 Å². The summed E-state index contributed by atoms with van der Waals surface area (Å²) in [5.74, 6) is -2.20. The summed E-state index contributed by atoms with van der Waals surface area (Å²) in [4.78, 5) is 42.2. The number of aliphatic hydroxyl groups excluding tert-OH is 1. The van der Waals surface area contributed by atoms with E-state index in [0.29, 0.717) is 6.42 Å². The van der Waals surface area contributed by atoms with Gasteiger partial charge in [-0.1, -0.05) is 31.2 Å². The van der Waals surface area contributed by atoms with Crippen LogP contribution in [0.4, 0.5) is 0 Å². The van der Waals surface area contributed by atoms with Crippen LogP contribution in [-0.2, 0) is 25.8 Å². The zero-order chi connectivity index (χ0) is 24.9. The van der Waals surface area contributed by atoms with Crippen LogP contribution in [0.2, 0.25) is 0 Å². The lowest BCUT2D eigenvalue weighted by Crippen LogP contribution is -2.57. The number of rotatable bonds is 8. The number of nitrogens with one attached hydrogen (secondary N) is 1. The molecule has 1 aromatic carbocycles. The Hall–Kier alpha value is -2.66. The minimum atomic E-state index is -0.802. The van der Waals surface area contributed by atoms with Crippen LogP contribution in [0.15, 0.2) is 24.3 Å². The average Bonchev–Trinajstić information content (AvgIpc) is 3.58. The third-order valence-electron chi connectivity index (χ3n) is 7.68. The second-order valence-corrected chi connectivity index (χ2v) is 11.4. The Morgan fingerprint density at radius 3 is 2.83 bits per heavy atom.